The van der Waals surface area contributed by atoms with E-state index in [1.54, 1.807) is 4.90 Å². The zero-order valence-corrected chi connectivity index (χ0v) is 17.9. The molecule has 166 valence electrons. The lowest BCUT2D eigenvalue weighted by atomic mass is 10.1. The molecule has 0 spiro atoms. The number of piperazine rings is 1. The number of rotatable bonds is 8. The van der Waals surface area contributed by atoms with Crippen LogP contribution in [-0.4, -0.2) is 98.3 Å². The van der Waals surface area contributed by atoms with Gasteiger partial charge in [0.2, 0.25) is 5.91 Å². The van der Waals surface area contributed by atoms with Crippen molar-refractivity contribution >= 4 is 12.0 Å². The summed E-state index contributed by atoms with van der Waals surface area (Å²) in [4.78, 5) is 30.5. The molecule has 3 rings (SSSR count). The third-order valence-corrected chi connectivity index (χ3v) is 5.64. The average Bonchev–Trinajstić information content (AvgIpc) is 2.76. The minimum Gasteiger partial charge on any atom is -0.492 e. The Hall–Kier alpha value is -2.32. The van der Waals surface area contributed by atoms with Crippen molar-refractivity contribution in [2.45, 2.75) is 25.8 Å². The summed E-state index contributed by atoms with van der Waals surface area (Å²) in [6.45, 7) is 9.15. The van der Waals surface area contributed by atoms with E-state index in [1.807, 2.05) is 37.3 Å². The Morgan fingerprint density at radius 3 is 2.33 bits per heavy atom. The molecule has 0 radical (unpaired) electrons. The van der Waals surface area contributed by atoms with Crippen molar-refractivity contribution in [3.63, 3.8) is 0 Å². The molecule has 1 aromatic rings. The second kappa shape index (κ2) is 11.8. The van der Waals surface area contributed by atoms with Gasteiger partial charge < -0.3 is 19.7 Å². The number of para-hydroxylation sites is 1. The molecule has 8 heteroatoms. The normalized spacial score (nSPS) is 18.8. The second-order valence-corrected chi connectivity index (χ2v) is 7.81. The first-order chi connectivity index (χ1) is 14.6. The van der Waals surface area contributed by atoms with Gasteiger partial charge in [0, 0.05) is 51.9 Å². The summed E-state index contributed by atoms with van der Waals surface area (Å²) in [5.41, 5.74) is 0. The smallest absolute Gasteiger partial charge is 0.409 e. The molecule has 1 aromatic carbocycles. The van der Waals surface area contributed by atoms with Gasteiger partial charge in [-0.25, -0.2) is 4.79 Å². The molecule has 1 N–H and O–H groups in total. The van der Waals surface area contributed by atoms with Crippen LogP contribution in [0.4, 0.5) is 4.79 Å². The van der Waals surface area contributed by atoms with Crippen molar-refractivity contribution in [2.75, 3.05) is 65.6 Å². The third kappa shape index (κ3) is 7.18. The molecule has 30 heavy (non-hydrogen) atoms. The first-order valence-corrected chi connectivity index (χ1v) is 11.0. The summed E-state index contributed by atoms with van der Waals surface area (Å²) in [5.74, 6) is 0.978. The number of hydrogen-bond donors (Lipinski definition) is 1. The largest absolute Gasteiger partial charge is 0.492 e. The predicted octanol–water partition coefficient (Wildman–Crippen LogP) is 1.42. The molecule has 0 bridgehead atoms. The van der Waals surface area contributed by atoms with Gasteiger partial charge >= 0.3 is 6.09 Å². The number of carbonyl (C=O) groups is 2. The van der Waals surface area contributed by atoms with Gasteiger partial charge in [-0.05, 0) is 31.9 Å². The van der Waals surface area contributed by atoms with Crippen LogP contribution in [0.5, 0.6) is 5.75 Å². The van der Waals surface area contributed by atoms with Gasteiger partial charge in [0.15, 0.2) is 0 Å². The zero-order chi connectivity index (χ0) is 21.2. The lowest BCUT2D eigenvalue weighted by Gasteiger charge is -2.35. The summed E-state index contributed by atoms with van der Waals surface area (Å²) >= 11 is 0. The van der Waals surface area contributed by atoms with Gasteiger partial charge in [-0.1, -0.05) is 18.2 Å². The van der Waals surface area contributed by atoms with E-state index in [4.69, 9.17) is 9.47 Å². The second-order valence-electron chi connectivity index (χ2n) is 7.81. The molecular weight excluding hydrogens is 384 g/mol. The lowest BCUT2D eigenvalue weighted by molar-refractivity contribution is -0.123. The van der Waals surface area contributed by atoms with E-state index in [0.29, 0.717) is 32.8 Å². The van der Waals surface area contributed by atoms with E-state index in [2.05, 4.69) is 15.1 Å². The maximum Gasteiger partial charge on any atom is 0.409 e. The van der Waals surface area contributed by atoms with Crippen LogP contribution in [0.15, 0.2) is 30.3 Å². The Morgan fingerprint density at radius 1 is 1.00 bits per heavy atom. The molecule has 2 aliphatic heterocycles. The zero-order valence-electron chi connectivity index (χ0n) is 17.9. The van der Waals surface area contributed by atoms with Crippen LogP contribution in [0.2, 0.25) is 0 Å². The van der Waals surface area contributed by atoms with Gasteiger partial charge in [0.25, 0.3) is 0 Å². The van der Waals surface area contributed by atoms with E-state index in [0.717, 1.165) is 51.3 Å². The molecule has 2 heterocycles. The summed E-state index contributed by atoms with van der Waals surface area (Å²) in [7, 11) is 0. The van der Waals surface area contributed by atoms with Gasteiger partial charge in [-0.2, -0.15) is 0 Å². The quantitative estimate of drug-likeness (QED) is 0.688. The Kier molecular flexibility index (Phi) is 8.77. The van der Waals surface area contributed by atoms with E-state index in [1.165, 1.54) is 0 Å². The number of carbonyl (C=O) groups excluding carboxylic acids is 2. The van der Waals surface area contributed by atoms with Crippen molar-refractivity contribution in [3.05, 3.63) is 30.3 Å². The van der Waals surface area contributed by atoms with Crippen molar-refractivity contribution < 1.29 is 19.1 Å². The minimum absolute atomic E-state index is 0.0745. The minimum atomic E-state index is -0.255. The van der Waals surface area contributed by atoms with Crippen LogP contribution in [0.25, 0.3) is 0 Å². The molecule has 2 fully saturated rings. The molecule has 0 aliphatic carbocycles. The predicted molar refractivity (Wildman–Crippen MR) is 115 cm³/mol. The molecule has 2 saturated heterocycles. The van der Waals surface area contributed by atoms with Crippen molar-refractivity contribution in [2.24, 2.45) is 0 Å². The van der Waals surface area contributed by atoms with Gasteiger partial charge in [-0.15, -0.1) is 0 Å². The molecule has 0 aromatic heterocycles. The number of ether oxygens (including phenoxy) is 2. The number of hydrogen-bond acceptors (Lipinski definition) is 6. The summed E-state index contributed by atoms with van der Waals surface area (Å²) in [6, 6.07) is 10.0. The Labute approximate surface area is 179 Å². The van der Waals surface area contributed by atoms with Crippen molar-refractivity contribution in [3.8, 4) is 5.75 Å². The molecule has 0 unspecified atom stereocenters. The number of likely N-dealkylation sites (tertiary alicyclic amines) is 1. The van der Waals surface area contributed by atoms with Crippen LogP contribution in [0.3, 0.4) is 0 Å². The molecule has 0 atom stereocenters. The fourth-order valence-electron chi connectivity index (χ4n) is 3.88. The van der Waals surface area contributed by atoms with Gasteiger partial charge in [-0.3, -0.25) is 14.6 Å². The average molecular weight is 419 g/mol. The van der Waals surface area contributed by atoms with E-state index >= 15 is 0 Å². The van der Waals surface area contributed by atoms with Crippen LogP contribution >= 0.6 is 0 Å². The highest BCUT2D eigenvalue weighted by atomic mass is 16.6. The van der Waals surface area contributed by atoms with E-state index < -0.39 is 0 Å². The summed E-state index contributed by atoms with van der Waals surface area (Å²) < 4.78 is 10.8. The molecular formula is C22H34N4O4. The van der Waals surface area contributed by atoms with Gasteiger partial charge in [0.1, 0.15) is 12.4 Å². The van der Waals surface area contributed by atoms with Crippen molar-refractivity contribution in [1.82, 2.24) is 20.0 Å². The number of amides is 2. The standard InChI is InChI=1S/C22H34N4O4/c1-2-29-22(28)26-10-8-19(9-11-26)23-21(27)18-25-14-12-24(13-15-25)16-17-30-20-6-4-3-5-7-20/h3-7,19H,2,8-18H2,1H3,(H,23,27). The monoisotopic (exact) mass is 418 g/mol. The number of piperidine rings is 1. The summed E-state index contributed by atoms with van der Waals surface area (Å²) in [6.07, 6.45) is 1.30. The van der Waals surface area contributed by atoms with Crippen LogP contribution < -0.4 is 10.1 Å². The first-order valence-electron chi connectivity index (χ1n) is 11.0. The topological polar surface area (TPSA) is 74.4 Å². The lowest BCUT2D eigenvalue weighted by Crippen LogP contribution is -2.52. The third-order valence-electron chi connectivity index (χ3n) is 5.64. The molecule has 0 saturated carbocycles. The van der Waals surface area contributed by atoms with Crippen LogP contribution in [0, 0.1) is 0 Å². The van der Waals surface area contributed by atoms with Gasteiger partial charge in [0.05, 0.1) is 13.2 Å². The fraction of sp³-hybridized carbons (Fsp3) is 0.636. The highest BCUT2D eigenvalue weighted by molar-refractivity contribution is 5.78. The first kappa shape index (κ1) is 22.4. The maximum atomic E-state index is 12.4. The van der Waals surface area contributed by atoms with Crippen molar-refractivity contribution in [1.29, 1.82) is 0 Å². The fourth-order valence-corrected chi connectivity index (χ4v) is 3.88. The summed E-state index contributed by atoms with van der Waals surface area (Å²) in [5, 5.41) is 3.13. The Morgan fingerprint density at radius 2 is 1.67 bits per heavy atom. The molecule has 8 nitrogen and oxygen atoms in total. The van der Waals surface area contributed by atoms with Crippen LogP contribution in [0.1, 0.15) is 19.8 Å². The van der Waals surface area contributed by atoms with E-state index in [-0.39, 0.29) is 18.0 Å². The molecule has 2 amide bonds. The Bertz CT molecular complexity index is 656. The number of benzene rings is 1. The Balaban J connectivity index is 1.27. The molecule has 2 aliphatic rings. The maximum absolute atomic E-state index is 12.4. The highest BCUT2D eigenvalue weighted by Gasteiger charge is 2.25. The highest BCUT2D eigenvalue weighted by Crippen LogP contribution is 2.12. The van der Waals surface area contributed by atoms with E-state index in [9.17, 15) is 9.59 Å². The SMILES string of the molecule is CCOC(=O)N1CCC(NC(=O)CN2CCN(CCOc3ccccc3)CC2)CC1. The number of nitrogens with one attached hydrogen (secondary N) is 1. The number of nitrogens with zero attached hydrogens (tertiary/aromatic N) is 3. The van der Waals surface area contributed by atoms with Crippen LogP contribution in [-0.2, 0) is 9.53 Å².